The van der Waals surface area contributed by atoms with Gasteiger partial charge in [-0.05, 0) is 36.8 Å². The molecule has 0 spiro atoms. The summed E-state index contributed by atoms with van der Waals surface area (Å²) >= 11 is 5.96. The molecule has 8 heteroatoms. The lowest BCUT2D eigenvalue weighted by Gasteiger charge is -2.23. The van der Waals surface area contributed by atoms with Crippen molar-refractivity contribution in [3.8, 4) is 0 Å². The fraction of sp³-hybridized carbons (Fsp3) is 0.222. The summed E-state index contributed by atoms with van der Waals surface area (Å²) in [4.78, 5) is 25.3. The molecule has 0 aromatic heterocycles. The molecule has 0 heterocycles. The van der Waals surface area contributed by atoms with Crippen LogP contribution in [-0.4, -0.2) is 24.9 Å². The second kappa shape index (κ2) is 8.23. The van der Waals surface area contributed by atoms with Crippen molar-refractivity contribution in [3.63, 3.8) is 0 Å². The molecule has 2 aromatic rings. The van der Waals surface area contributed by atoms with Crippen LogP contribution in [0.4, 0.5) is 18.9 Å². The zero-order chi connectivity index (χ0) is 19.4. The van der Waals surface area contributed by atoms with Gasteiger partial charge in [-0.25, -0.2) is 13.2 Å². The Morgan fingerprint density at radius 1 is 1.12 bits per heavy atom. The predicted molar refractivity (Wildman–Crippen MR) is 92.9 cm³/mol. The summed E-state index contributed by atoms with van der Waals surface area (Å²) in [5.41, 5.74) is 0.776. The second-order valence-electron chi connectivity index (χ2n) is 5.58. The summed E-state index contributed by atoms with van der Waals surface area (Å²) in [5, 5.41) is 2.83. The number of halogens is 4. The molecule has 0 aliphatic rings. The fourth-order valence-electron chi connectivity index (χ4n) is 2.40. The van der Waals surface area contributed by atoms with Gasteiger partial charge in [-0.1, -0.05) is 17.7 Å². The molecule has 0 radical (unpaired) electrons. The fourth-order valence-corrected chi connectivity index (χ4v) is 2.56. The van der Waals surface area contributed by atoms with E-state index in [9.17, 15) is 22.8 Å². The van der Waals surface area contributed by atoms with Crippen LogP contribution in [0.15, 0.2) is 30.3 Å². The number of nitrogens with zero attached hydrogens (tertiary/aromatic N) is 1. The molecule has 0 atom stereocenters. The van der Waals surface area contributed by atoms with Crippen molar-refractivity contribution >= 4 is 29.1 Å². The zero-order valence-electron chi connectivity index (χ0n) is 14.1. The van der Waals surface area contributed by atoms with Crippen LogP contribution < -0.4 is 10.2 Å². The Morgan fingerprint density at radius 2 is 1.81 bits per heavy atom. The minimum Gasteiger partial charge on any atom is -0.350 e. The van der Waals surface area contributed by atoms with E-state index in [0.717, 1.165) is 11.6 Å². The average molecular weight is 385 g/mol. The summed E-state index contributed by atoms with van der Waals surface area (Å²) < 4.78 is 39.8. The average Bonchev–Trinajstić information content (AvgIpc) is 2.58. The Labute approximate surface area is 153 Å². The zero-order valence-corrected chi connectivity index (χ0v) is 14.8. The van der Waals surface area contributed by atoms with Gasteiger partial charge in [0.1, 0.15) is 0 Å². The van der Waals surface area contributed by atoms with Gasteiger partial charge in [-0.3, -0.25) is 9.59 Å². The Morgan fingerprint density at radius 3 is 2.46 bits per heavy atom. The Hall–Kier alpha value is -2.54. The lowest BCUT2D eigenvalue weighted by molar-refractivity contribution is -0.116. The summed E-state index contributed by atoms with van der Waals surface area (Å²) in [5.74, 6) is -5.83. The number of benzene rings is 2. The molecule has 138 valence electrons. The molecular formula is C18H16ClF3N2O2. The van der Waals surface area contributed by atoms with Gasteiger partial charge in [-0.15, -0.1) is 0 Å². The molecule has 1 N–H and O–H groups in total. The maximum absolute atomic E-state index is 13.6. The van der Waals surface area contributed by atoms with Crippen LogP contribution in [0.25, 0.3) is 0 Å². The molecule has 2 amide bonds. The number of hydrogen-bond acceptors (Lipinski definition) is 2. The van der Waals surface area contributed by atoms with Crippen LogP contribution in [0.3, 0.4) is 0 Å². The van der Waals surface area contributed by atoms with Crippen molar-refractivity contribution < 1.29 is 22.8 Å². The van der Waals surface area contributed by atoms with Gasteiger partial charge in [-0.2, -0.15) is 0 Å². The SMILES string of the molecule is CC(=O)N(CCNC(=O)c1ccc(F)c(F)c1F)c1cc(Cl)ccc1C. The highest BCUT2D eigenvalue weighted by Gasteiger charge is 2.19. The highest BCUT2D eigenvalue weighted by atomic mass is 35.5. The van der Waals surface area contributed by atoms with E-state index in [2.05, 4.69) is 5.32 Å². The van der Waals surface area contributed by atoms with Crippen molar-refractivity contribution in [2.24, 2.45) is 0 Å². The van der Waals surface area contributed by atoms with Crippen molar-refractivity contribution in [1.82, 2.24) is 5.32 Å². The number of amides is 2. The van der Waals surface area contributed by atoms with Crippen LogP contribution in [0, 0.1) is 24.4 Å². The summed E-state index contributed by atoms with van der Waals surface area (Å²) in [6.07, 6.45) is 0. The number of hydrogen-bond donors (Lipinski definition) is 1. The first kappa shape index (κ1) is 19.8. The first-order valence-electron chi connectivity index (χ1n) is 7.68. The molecule has 0 fully saturated rings. The molecule has 0 unspecified atom stereocenters. The number of aryl methyl sites for hydroxylation is 1. The monoisotopic (exact) mass is 384 g/mol. The van der Waals surface area contributed by atoms with Gasteiger partial charge in [0.05, 0.1) is 5.56 Å². The first-order valence-corrected chi connectivity index (χ1v) is 8.06. The van der Waals surface area contributed by atoms with E-state index in [0.29, 0.717) is 16.8 Å². The molecule has 4 nitrogen and oxygen atoms in total. The molecule has 2 aromatic carbocycles. The number of nitrogens with one attached hydrogen (secondary N) is 1. The van der Waals surface area contributed by atoms with Crippen molar-refractivity contribution in [2.45, 2.75) is 13.8 Å². The maximum atomic E-state index is 13.6. The Balaban J connectivity index is 2.09. The van der Waals surface area contributed by atoms with Crippen LogP contribution in [0.5, 0.6) is 0 Å². The maximum Gasteiger partial charge on any atom is 0.254 e. The number of anilines is 1. The van der Waals surface area contributed by atoms with Crippen molar-refractivity contribution in [2.75, 3.05) is 18.0 Å². The van der Waals surface area contributed by atoms with Crippen molar-refractivity contribution in [3.05, 3.63) is 63.9 Å². The van der Waals surface area contributed by atoms with E-state index < -0.39 is 28.9 Å². The van der Waals surface area contributed by atoms with E-state index in [-0.39, 0.29) is 19.0 Å². The van der Waals surface area contributed by atoms with Gasteiger partial charge in [0.2, 0.25) is 5.91 Å². The van der Waals surface area contributed by atoms with E-state index >= 15 is 0 Å². The Bertz CT molecular complexity index is 859. The molecule has 0 saturated carbocycles. The third-order valence-electron chi connectivity index (χ3n) is 3.74. The third-order valence-corrected chi connectivity index (χ3v) is 3.98. The normalized spacial score (nSPS) is 10.5. The molecular weight excluding hydrogens is 369 g/mol. The van der Waals surface area contributed by atoms with E-state index in [1.807, 2.05) is 0 Å². The highest BCUT2D eigenvalue weighted by molar-refractivity contribution is 6.31. The number of carbonyl (C=O) groups excluding carboxylic acids is 2. The van der Waals surface area contributed by atoms with Gasteiger partial charge in [0.15, 0.2) is 17.5 Å². The first-order chi connectivity index (χ1) is 12.2. The van der Waals surface area contributed by atoms with E-state index in [1.54, 1.807) is 25.1 Å². The molecule has 26 heavy (non-hydrogen) atoms. The largest absolute Gasteiger partial charge is 0.350 e. The van der Waals surface area contributed by atoms with Gasteiger partial charge in [0.25, 0.3) is 5.91 Å². The lowest BCUT2D eigenvalue weighted by atomic mass is 10.1. The summed E-state index contributed by atoms with van der Waals surface area (Å²) in [6.45, 7) is 3.23. The lowest BCUT2D eigenvalue weighted by Crippen LogP contribution is -2.38. The number of carbonyl (C=O) groups is 2. The van der Waals surface area contributed by atoms with Gasteiger partial charge < -0.3 is 10.2 Å². The molecule has 0 aliphatic carbocycles. The van der Waals surface area contributed by atoms with E-state index in [1.165, 1.54) is 11.8 Å². The van der Waals surface area contributed by atoms with Crippen LogP contribution in [0.1, 0.15) is 22.8 Å². The van der Waals surface area contributed by atoms with Gasteiger partial charge in [0, 0.05) is 30.7 Å². The van der Waals surface area contributed by atoms with Crippen molar-refractivity contribution in [1.29, 1.82) is 0 Å². The summed E-state index contributed by atoms with van der Waals surface area (Å²) in [6, 6.07) is 6.59. The molecule has 0 saturated heterocycles. The van der Waals surface area contributed by atoms with Crippen LogP contribution in [-0.2, 0) is 4.79 Å². The second-order valence-corrected chi connectivity index (χ2v) is 6.02. The Kier molecular flexibility index (Phi) is 6.26. The minimum atomic E-state index is -1.71. The van der Waals surface area contributed by atoms with Gasteiger partial charge >= 0.3 is 0 Å². The van der Waals surface area contributed by atoms with Crippen LogP contribution in [0.2, 0.25) is 5.02 Å². The predicted octanol–water partition coefficient (Wildman–Crippen LogP) is 3.85. The molecule has 0 aliphatic heterocycles. The minimum absolute atomic E-state index is 0.0250. The molecule has 2 rings (SSSR count). The third kappa shape index (κ3) is 4.35. The standard InChI is InChI=1S/C18H16ClF3N2O2/c1-10-3-4-12(19)9-15(10)24(11(2)25)8-7-23-18(26)13-5-6-14(20)17(22)16(13)21/h3-6,9H,7-8H2,1-2H3,(H,23,26). The number of rotatable bonds is 5. The molecule has 0 bridgehead atoms. The highest BCUT2D eigenvalue weighted by Crippen LogP contribution is 2.24. The van der Waals surface area contributed by atoms with E-state index in [4.69, 9.17) is 11.6 Å². The quantitative estimate of drug-likeness (QED) is 0.796. The van der Waals surface area contributed by atoms with Crippen LogP contribution >= 0.6 is 11.6 Å². The smallest absolute Gasteiger partial charge is 0.254 e. The summed E-state index contributed by atoms with van der Waals surface area (Å²) in [7, 11) is 0. The topological polar surface area (TPSA) is 49.4 Å².